The molecule has 0 saturated heterocycles. The van der Waals surface area contributed by atoms with Crippen LogP contribution in [-0.2, 0) is 0 Å². The molecule has 1 aliphatic rings. The normalized spacial score (nSPS) is 47.6. The van der Waals surface area contributed by atoms with Crippen LogP contribution in [0.2, 0.25) is 0 Å². The predicted molar refractivity (Wildman–Crippen MR) is 36.4 cm³/mol. The lowest BCUT2D eigenvalue weighted by Crippen LogP contribution is -2.04. The van der Waals surface area contributed by atoms with E-state index in [1.807, 2.05) is 0 Å². The fourth-order valence-electron chi connectivity index (χ4n) is 1.38. The molecule has 3 atom stereocenters. The molecule has 0 heteroatoms. The molecule has 0 aliphatic heterocycles. The van der Waals surface area contributed by atoms with Gasteiger partial charge in [-0.1, -0.05) is 20.8 Å². The summed E-state index contributed by atoms with van der Waals surface area (Å²) in [5.74, 6) is 2.73. The highest BCUT2D eigenvalue weighted by Crippen LogP contribution is 2.34. The van der Waals surface area contributed by atoms with Gasteiger partial charge in [-0.3, -0.25) is 0 Å². The molecule has 1 saturated carbocycles. The van der Waals surface area contributed by atoms with Crippen LogP contribution >= 0.6 is 0 Å². The quantitative estimate of drug-likeness (QED) is 0.450. The summed E-state index contributed by atoms with van der Waals surface area (Å²) in [4.78, 5) is 0. The summed E-state index contributed by atoms with van der Waals surface area (Å²) in [6.07, 6.45) is 3.78. The Morgan fingerprint density at radius 2 is 1.88 bits per heavy atom. The smallest absolute Gasteiger partial charge is 0.0352 e. The summed E-state index contributed by atoms with van der Waals surface area (Å²) in [6.45, 7) is 7.00. The first-order valence-electron chi connectivity index (χ1n) is 3.55. The highest BCUT2D eigenvalue weighted by atomic mass is 14.3. The van der Waals surface area contributed by atoms with Gasteiger partial charge in [0.05, 0.1) is 0 Å². The van der Waals surface area contributed by atoms with Gasteiger partial charge in [0.15, 0.2) is 0 Å². The van der Waals surface area contributed by atoms with E-state index in [9.17, 15) is 0 Å². The van der Waals surface area contributed by atoms with Crippen molar-refractivity contribution >= 4 is 0 Å². The molecule has 0 bridgehead atoms. The predicted octanol–water partition coefficient (Wildman–Crippen LogP) is 2.50. The lowest BCUT2D eigenvalue weighted by Gasteiger charge is -2.11. The van der Waals surface area contributed by atoms with Gasteiger partial charge >= 0.3 is 0 Å². The summed E-state index contributed by atoms with van der Waals surface area (Å²) >= 11 is 0. The van der Waals surface area contributed by atoms with Gasteiger partial charge in [0.25, 0.3) is 0 Å². The molecule has 47 valence electrons. The molecule has 0 aromatic heterocycles. The van der Waals surface area contributed by atoms with Gasteiger partial charge in [-0.2, -0.15) is 0 Å². The van der Waals surface area contributed by atoms with Crippen molar-refractivity contribution in [3.8, 4) is 0 Å². The van der Waals surface area contributed by atoms with Crippen LogP contribution < -0.4 is 0 Å². The van der Waals surface area contributed by atoms with Crippen molar-refractivity contribution in [1.29, 1.82) is 0 Å². The van der Waals surface area contributed by atoms with Gasteiger partial charge in [-0.25, -0.2) is 0 Å². The van der Waals surface area contributed by atoms with Crippen molar-refractivity contribution in [2.45, 2.75) is 27.2 Å². The van der Waals surface area contributed by atoms with E-state index in [4.69, 9.17) is 0 Å². The van der Waals surface area contributed by atoms with E-state index in [0.29, 0.717) is 0 Å². The summed E-state index contributed by atoms with van der Waals surface area (Å²) in [7, 11) is 0. The molecule has 3 unspecified atom stereocenters. The van der Waals surface area contributed by atoms with E-state index in [1.54, 1.807) is 0 Å². The van der Waals surface area contributed by atoms with Crippen molar-refractivity contribution < 1.29 is 0 Å². The number of hydrogen-bond acceptors (Lipinski definition) is 0. The Morgan fingerprint density at radius 3 is 2.00 bits per heavy atom. The third-order valence-corrected chi connectivity index (χ3v) is 2.61. The third-order valence-electron chi connectivity index (χ3n) is 2.61. The van der Waals surface area contributed by atoms with E-state index >= 15 is 0 Å². The van der Waals surface area contributed by atoms with Gasteiger partial charge in [0, 0.05) is 0 Å². The van der Waals surface area contributed by atoms with Gasteiger partial charge in [0.2, 0.25) is 0 Å². The molecule has 1 radical (unpaired) electrons. The maximum atomic E-state index is 2.44. The molecule has 1 aliphatic carbocycles. The highest BCUT2D eigenvalue weighted by molar-refractivity contribution is 4.89. The van der Waals surface area contributed by atoms with Crippen molar-refractivity contribution in [2.75, 3.05) is 0 Å². The first-order valence-corrected chi connectivity index (χ1v) is 3.55. The Balaban J connectivity index is 2.44. The molecule has 0 spiro atoms. The monoisotopic (exact) mass is 111 g/mol. The average molecular weight is 111 g/mol. The fraction of sp³-hybridized carbons (Fsp3) is 0.875. The standard InChI is InChI=1S/C8H15/c1-6-4-5-7(2)8(6)3/h4,6-8H,5H2,1-3H3. The molecule has 0 aromatic rings. The maximum Gasteiger partial charge on any atom is -0.0352 e. The molecule has 0 aromatic carbocycles. The first-order chi connectivity index (χ1) is 3.72. The Labute approximate surface area is 52.3 Å². The zero-order chi connectivity index (χ0) is 6.15. The molecule has 0 nitrogen and oxygen atoms in total. The topological polar surface area (TPSA) is 0 Å². The molecule has 0 N–H and O–H groups in total. The number of rotatable bonds is 0. The first kappa shape index (κ1) is 6.12. The van der Waals surface area contributed by atoms with E-state index in [-0.39, 0.29) is 0 Å². The van der Waals surface area contributed by atoms with Gasteiger partial charge in [0.1, 0.15) is 0 Å². The van der Waals surface area contributed by atoms with Crippen LogP contribution in [0.5, 0.6) is 0 Å². The maximum absolute atomic E-state index is 2.44. The van der Waals surface area contributed by atoms with Crippen LogP contribution in [0.4, 0.5) is 0 Å². The second-order valence-corrected chi connectivity index (χ2v) is 3.17. The Morgan fingerprint density at radius 1 is 1.25 bits per heavy atom. The summed E-state index contributed by atoms with van der Waals surface area (Å²) in [5.41, 5.74) is 0. The van der Waals surface area contributed by atoms with E-state index < -0.39 is 0 Å². The second kappa shape index (κ2) is 2.08. The van der Waals surface area contributed by atoms with Crippen molar-refractivity contribution in [2.24, 2.45) is 17.8 Å². The lowest BCUT2D eigenvalue weighted by atomic mass is 9.94. The van der Waals surface area contributed by atoms with Crippen molar-refractivity contribution in [1.82, 2.24) is 0 Å². The van der Waals surface area contributed by atoms with E-state index in [1.165, 1.54) is 6.42 Å². The van der Waals surface area contributed by atoms with Crippen LogP contribution in [0.1, 0.15) is 27.2 Å². The average Bonchev–Trinajstić information content (AvgIpc) is 1.98. The molecule has 0 amide bonds. The molecular formula is C8H15. The summed E-state index contributed by atoms with van der Waals surface area (Å²) in [6, 6.07) is 0. The third kappa shape index (κ3) is 0.888. The van der Waals surface area contributed by atoms with Crippen LogP contribution in [0.3, 0.4) is 0 Å². The van der Waals surface area contributed by atoms with E-state index in [2.05, 4.69) is 27.2 Å². The fourth-order valence-corrected chi connectivity index (χ4v) is 1.38. The minimum absolute atomic E-state index is 0.866. The van der Waals surface area contributed by atoms with Crippen molar-refractivity contribution in [3.05, 3.63) is 6.42 Å². The van der Waals surface area contributed by atoms with Crippen molar-refractivity contribution in [3.63, 3.8) is 0 Å². The Hall–Kier alpha value is 0. The van der Waals surface area contributed by atoms with E-state index in [0.717, 1.165) is 17.8 Å². The van der Waals surface area contributed by atoms with Gasteiger partial charge < -0.3 is 0 Å². The number of hydrogen-bond donors (Lipinski definition) is 0. The second-order valence-electron chi connectivity index (χ2n) is 3.17. The molecule has 8 heavy (non-hydrogen) atoms. The largest absolute Gasteiger partial charge is 0.0622 e. The Kier molecular flexibility index (Phi) is 1.59. The minimum atomic E-state index is 0.866. The molecule has 1 fully saturated rings. The molecule has 1 rings (SSSR count). The van der Waals surface area contributed by atoms with Crippen LogP contribution in [0.15, 0.2) is 0 Å². The zero-order valence-corrected chi connectivity index (χ0v) is 6.02. The van der Waals surface area contributed by atoms with Gasteiger partial charge in [-0.15, -0.1) is 0 Å². The minimum Gasteiger partial charge on any atom is -0.0622 e. The summed E-state index contributed by atoms with van der Waals surface area (Å²) in [5, 5.41) is 0. The molecular weight excluding hydrogens is 96.1 g/mol. The highest BCUT2D eigenvalue weighted by Gasteiger charge is 2.25. The summed E-state index contributed by atoms with van der Waals surface area (Å²) < 4.78 is 0. The zero-order valence-electron chi connectivity index (χ0n) is 6.02. The molecule has 0 heterocycles. The lowest BCUT2D eigenvalue weighted by molar-refractivity contribution is 0.389. The van der Waals surface area contributed by atoms with Crippen LogP contribution in [-0.4, -0.2) is 0 Å². The van der Waals surface area contributed by atoms with Crippen LogP contribution in [0.25, 0.3) is 0 Å². The van der Waals surface area contributed by atoms with Gasteiger partial charge in [-0.05, 0) is 30.6 Å². The SMILES string of the molecule is CC1[CH]CC(C)C1C. The van der Waals surface area contributed by atoms with Crippen LogP contribution in [0, 0.1) is 24.2 Å². The Bertz CT molecular complexity index is 66.1.